The third-order valence-electron chi connectivity index (χ3n) is 3.10. The van der Waals surface area contributed by atoms with Crippen LogP contribution in [0.4, 0.5) is 5.82 Å². The van der Waals surface area contributed by atoms with E-state index in [-0.39, 0.29) is 12.5 Å². The highest BCUT2D eigenvalue weighted by Crippen LogP contribution is 2.30. The van der Waals surface area contributed by atoms with E-state index in [0.29, 0.717) is 18.0 Å². The van der Waals surface area contributed by atoms with Crippen molar-refractivity contribution in [2.45, 2.75) is 10.9 Å². The van der Waals surface area contributed by atoms with Crippen molar-refractivity contribution in [2.75, 3.05) is 18.1 Å². The summed E-state index contributed by atoms with van der Waals surface area (Å²) in [5.74, 6) is 0.554. The number of aromatic nitrogens is 3. The Balaban J connectivity index is 1.59. The average Bonchev–Trinajstić information content (AvgIpc) is 3.03. The lowest BCUT2D eigenvalue weighted by Gasteiger charge is -2.07. The maximum atomic E-state index is 12.0. The van der Waals surface area contributed by atoms with Gasteiger partial charge in [0.1, 0.15) is 16.8 Å². The van der Waals surface area contributed by atoms with Crippen molar-refractivity contribution in [3.05, 3.63) is 42.2 Å². The van der Waals surface area contributed by atoms with E-state index in [1.807, 2.05) is 36.6 Å². The van der Waals surface area contributed by atoms with Gasteiger partial charge < -0.3 is 10.6 Å². The number of benzene rings is 1. The minimum Gasteiger partial charge on any atom is -0.360 e. The molecule has 0 aliphatic carbocycles. The largest absolute Gasteiger partial charge is 0.360 e. The molecule has 0 saturated carbocycles. The highest BCUT2D eigenvalue weighted by atomic mass is 32.2. The molecule has 3 aromatic rings. The minimum atomic E-state index is -0.0878. The number of hydrogen-bond donors (Lipinski definition) is 2. The SMILES string of the molecule is CSc1nc2ncnc(NCC(=O)NCc3ccccc3)c2s1. The van der Waals surface area contributed by atoms with Gasteiger partial charge in [0.05, 0.1) is 6.54 Å². The molecular weight excluding hydrogens is 330 g/mol. The fourth-order valence-electron chi connectivity index (χ4n) is 1.97. The zero-order chi connectivity index (χ0) is 16.1. The van der Waals surface area contributed by atoms with Crippen molar-refractivity contribution in [1.29, 1.82) is 0 Å². The second-order valence-electron chi connectivity index (χ2n) is 4.67. The molecule has 118 valence electrons. The average molecular weight is 345 g/mol. The number of carbonyl (C=O) groups is 1. The third kappa shape index (κ3) is 3.96. The van der Waals surface area contributed by atoms with E-state index in [0.717, 1.165) is 14.6 Å². The van der Waals surface area contributed by atoms with Gasteiger partial charge in [-0.25, -0.2) is 15.0 Å². The summed E-state index contributed by atoms with van der Waals surface area (Å²) in [6.07, 6.45) is 3.42. The zero-order valence-corrected chi connectivity index (χ0v) is 14.1. The van der Waals surface area contributed by atoms with Crippen LogP contribution >= 0.6 is 23.1 Å². The van der Waals surface area contributed by atoms with E-state index in [9.17, 15) is 4.79 Å². The Morgan fingerprint density at radius 3 is 2.87 bits per heavy atom. The molecule has 0 spiro atoms. The summed E-state index contributed by atoms with van der Waals surface area (Å²) in [6, 6.07) is 9.80. The van der Waals surface area contributed by atoms with Crippen LogP contribution in [0.5, 0.6) is 0 Å². The lowest BCUT2D eigenvalue weighted by Crippen LogP contribution is -2.29. The number of hydrogen-bond acceptors (Lipinski definition) is 7. The Morgan fingerprint density at radius 1 is 1.26 bits per heavy atom. The monoisotopic (exact) mass is 345 g/mol. The zero-order valence-electron chi connectivity index (χ0n) is 12.4. The maximum absolute atomic E-state index is 12.0. The van der Waals surface area contributed by atoms with E-state index in [2.05, 4.69) is 25.6 Å². The summed E-state index contributed by atoms with van der Waals surface area (Å²) < 4.78 is 1.80. The number of thiazole rings is 1. The lowest BCUT2D eigenvalue weighted by atomic mass is 10.2. The van der Waals surface area contributed by atoms with Gasteiger partial charge in [-0.15, -0.1) is 11.3 Å². The molecule has 0 bridgehead atoms. The van der Waals surface area contributed by atoms with Crippen LogP contribution < -0.4 is 10.6 Å². The third-order valence-corrected chi connectivity index (χ3v) is 5.13. The Morgan fingerprint density at radius 2 is 2.09 bits per heavy atom. The van der Waals surface area contributed by atoms with E-state index in [1.54, 1.807) is 11.8 Å². The first-order chi connectivity index (χ1) is 11.3. The molecule has 2 N–H and O–H groups in total. The van der Waals surface area contributed by atoms with Crippen molar-refractivity contribution in [2.24, 2.45) is 0 Å². The van der Waals surface area contributed by atoms with Crippen LogP contribution in [0.2, 0.25) is 0 Å². The van der Waals surface area contributed by atoms with Gasteiger partial charge in [-0.05, 0) is 11.8 Å². The number of fused-ring (bicyclic) bond motifs is 1. The van der Waals surface area contributed by atoms with Crippen LogP contribution in [-0.4, -0.2) is 33.7 Å². The summed E-state index contributed by atoms with van der Waals surface area (Å²) in [7, 11) is 0. The number of anilines is 1. The molecule has 1 amide bonds. The quantitative estimate of drug-likeness (QED) is 0.668. The first-order valence-electron chi connectivity index (χ1n) is 6.96. The Hall–Kier alpha value is -2.19. The van der Waals surface area contributed by atoms with Crippen molar-refractivity contribution in [3.63, 3.8) is 0 Å². The number of thioether (sulfide) groups is 1. The van der Waals surface area contributed by atoms with Gasteiger partial charge in [0.2, 0.25) is 5.91 Å². The Bertz CT molecular complexity index is 806. The second kappa shape index (κ2) is 7.38. The fourth-order valence-corrected chi connectivity index (χ4v) is 3.45. The molecule has 6 nitrogen and oxygen atoms in total. The molecule has 0 saturated heterocycles. The summed E-state index contributed by atoms with van der Waals surface area (Å²) in [4.78, 5) is 24.7. The first kappa shape index (κ1) is 15.7. The number of nitrogens with zero attached hydrogens (tertiary/aromatic N) is 3. The van der Waals surface area contributed by atoms with Gasteiger partial charge in [0.25, 0.3) is 0 Å². The number of amides is 1. The highest BCUT2D eigenvalue weighted by Gasteiger charge is 2.11. The van der Waals surface area contributed by atoms with E-state index >= 15 is 0 Å². The molecule has 23 heavy (non-hydrogen) atoms. The van der Waals surface area contributed by atoms with Crippen LogP contribution in [0.1, 0.15) is 5.56 Å². The molecule has 0 fully saturated rings. The van der Waals surface area contributed by atoms with Crippen molar-refractivity contribution >= 4 is 45.2 Å². The molecule has 2 aromatic heterocycles. The highest BCUT2D eigenvalue weighted by molar-refractivity contribution is 8.00. The summed E-state index contributed by atoms with van der Waals surface area (Å²) in [5.41, 5.74) is 1.72. The van der Waals surface area contributed by atoms with Crippen LogP contribution in [-0.2, 0) is 11.3 Å². The molecule has 1 aromatic carbocycles. The Kier molecular flexibility index (Phi) is 5.04. The predicted octanol–water partition coefficient (Wildman–Crippen LogP) is 2.54. The van der Waals surface area contributed by atoms with Gasteiger partial charge in [-0.1, -0.05) is 42.1 Å². The van der Waals surface area contributed by atoms with E-state index in [1.165, 1.54) is 17.7 Å². The van der Waals surface area contributed by atoms with E-state index < -0.39 is 0 Å². The van der Waals surface area contributed by atoms with Gasteiger partial charge in [-0.2, -0.15) is 0 Å². The normalized spacial score (nSPS) is 10.7. The molecule has 8 heteroatoms. The van der Waals surface area contributed by atoms with Gasteiger partial charge in [0, 0.05) is 6.54 Å². The Labute approximate surface area is 141 Å². The molecule has 0 unspecified atom stereocenters. The van der Waals surface area contributed by atoms with Gasteiger partial charge >= 0.3 is 0 Å². The number of nitrogens with one attached hydrogen (secondary N) is 2. The molecule has 2 heterocycles. The topological polar surface area (TPSA) is 79.8 Å². The van der Waals surface area contributed by atoms with Crippen molar-refractivity contribution in [3.8, 4) is 0 Å². The van der Waals surface area contributed by atoms with Gasteiger partial charge in [-0.3, -0.25) is 4.79 Å². The smallest absolute Gasteiger partial charge is 0.239 e. The molecule has 0 aliphatic rings. The summed E-state index contributed by atoms with van der Waals surface area (Å²) in [6.45, 7) is 0.670. The maximum Gasteiger partial charge on any atom is 0.239 e. The standard InChI is InChI=1S/C15H15N5OS2/c1-22-15-20-14-12(23-15)13(18-9-19-14)17-8-11(21)16-7-10-5-3-2-4-6-10/h2-6,9H,7-8H2,1H3,(H,16,21)(H,17,18,19). The molecule has 3 rings (SSSR count). The van der Waals surface area contributed by atoms with Crippen molar-refractivity contribution < 1.29 is 4.79 Å². The second-order valence-corrected chi connectivity index (χ2v) is 6.73. The molecular formula is C15H15N5OS2. The molecule has 0 aliphatic heterocycles. The van der Waals surface area contributed by atoms with Crippen molar-refractivity contribution in [1.82, 2.24) is 20.3 Å². The van der Waals surface area contributed by atoms with Gasteiger partial charge in [0.15, 0.2) is 9.99 Å². The number of rotatable bonds is 6. The minimum absolute atomic E-state index is 0.0878. The summed E-state index contributed by atoms with van der Waals surface area (Å²) in [5, 5.41) is 5.93. The first-order valence-corrected chi connectivity index (χ1v) is 9.00. The predicted molar refractivity (Wildman–Crippen MR) is 93.8 cm³/mol. The van der Waals surface area contributed by atoms with Crippen LogP contribution in [0.15, 0.2) is 41.0 Å². The van der Waals surface area contributed by atoms with Crippen LogP contribution in [0.25, 0.3) is 10.3 Å². The molecule has 0 radical (unpaired) electrons. The van der Waals surface area contributed by atoms with E-state index in [4.69, 9.17) is 0 Å². The van der Waals surface area contributed by atoms with Crippen LogP contribution in [0, 0.1) is 0 Å². The summed E-state index contributed by atoms with van der Waals surface area (Å²) >= 11 is 3.08. The lowest BCUT2D eigenvalue weighted by molar-refractivity contribution is -0.119. The number of carbonyl (C=O) groups excluding carboxylic acids is 1. The fraction of sp³-hybridized carbons (Fsp3) is 0.200. The molecule has 0 atom stereocenters. The van der Waals surface area contributed by atoms with Crippen LogP contribution in [0.3, 0.4) is 0 Å².